The van der Waals surface area contributed by atoms with Crippen LogP contribution in [0.5, 0.6) is 5.75 Å². The van der Waals surface area contributed by atoms with E-state index in [0.717, 1.165) is 44.4 Å². The van der Waals surface area contributed by atoms with Gasteiger partial charge in [0.1, 0.15) is 5.75 Å². The summed E-state index contributed by atoms with van der Waals surface area (Å²) in [7, 11) is 3.63. The summed E-state index contributed by atoms with van der Waals surface area (Å²) in [5, 5.41) is 7.16. The van der Waals surface area contributed by atoms with Gasteiger partial charge in [-0.2, -0.15) is 0 Å². The third-order valence-corrected chi connectivity index (χ3v) is 6.37. The van der Waals surface area contributed by atoms with Gasteiger partial charge >= 0.3 is 0 Å². The number of likely N-dealkylation sites (tertiary alicyclic amines) is 2. The van der Waals surface area contributed by atoms with E-state index in [1.165, 1.54) is 44.3 Å². The standard InChI is InChI=1S/C23H39N5O.HI/c1-4-27-13-9-10-19(18-27)16-25-23(24-2)26-17-21(28-14-7-8-15-28)20-11-5-6-12-22(20)29-3;/h5-6,11-12,19,21H,4,7-10,13-18H2,1-3H3,(H2,24,25,26);1H. The molecule has 2 atom stereocenters. The average Bonchev–Trinajstić information content (AvgIpc) is 3.31. The molecule has 170 valence electrons. The lowest BCUT2D eigenvalue weighted by Crippen LogP contribution is -2.46. The summed E-state index contributed by atoms with van der Waals surface area (Å²) in [6.45, 7) is 9.95. The van der Waals surface area contributed by atoms with Crippen LogP contribution >= 0.6 is 24.0 Å². The van der Waals surface area contributed by atoms with E-state index in [1.54, 1.807) is 7.11 Å². The second-order valence-corrected chi connectivity index (χ2v) is 8.24. The number of nitrogens with one attached hydrogen (secondary N) is 2. The minimum Gasteiger partial charge on any atom is -0.496 e. The molecule has 2 fully saturated rings. The van der Waals surface area contributed by atoms with Crippen molar-refractivity contribution in [2.75, 3.05) is 60.0 Å². The third kappa shape index (κ3) is 6.99. The minimum atomic E-state index is 0. The Balaban J connectivity index is 0.00000320. The van der Waals surface area contributed by atoms with Crippen LogP contribution in [-0.2, 0) is 0 Å². The molecule has 1 aromatic carbocycles. The van der Waals surface area contributed by atoms with Crippen LogP contribution < -0.4 is 15.4 Å². The predicted molar refractivity (Wildman–Crippen MR) is 136 cm³/mol. The van der Waals surface area contributed by atoms with Gasteiger partial charge in [0.2, 0.25) is 0 Å². The third-order valence-electron chi connectivity index (χ3n) is 6.37. The van der Waals surface area contributed by atoms with E-state index in [9.17, 15) is 0 Å². The summed E-state index contributed by atoms with van der Waals surface area (Å²) < 4.78 is 5.66. The first-order valence-electron chi connectivity index (χ1n) is 11.3. The number of para-hydroxylation sites is 1. The number of halogens is 1. The number of rotatable bonds is 8. The lowest BCUT2D eigenvalue weighted by molar-refractivity contribution is 0.183. The van der Waals surface area contributed by atoms with E-state index in [1.807, 2.05) is 13.1 Å². The first kappa shape index (κ1) is 25.2. The topological polar surface area (TPSA) is 52.1 Å². The van der Waals surface area contributed by atoms with Gasteiger partial charge in [0, 0.05) is 32.2 Å². The molecule has 3 rings (SSSR count). The molecule has 0 aromatic heterocycles. The lowest BCUT2D eigenvalue weighted by atomic mass is 9.98. The first-order valence-corrected chi connectivity index (χ1v) is 11.3. The van der Waals surface area contributed by atoms with Crippen LogP contribution in [0, 0.1) is 5.92 Å². The summed E-state index contributed by atoms with van der Waals surface area (Å²) in [5.41, 5.74) is 1.26. The number of nitrogens with zero attached hydrogens (tertiary/aromatic N) is 3. The molecule has 2 unspecified atom stereocenters. The van der Waals surface area contributed by atoms with Crippen molar-refractivity contribution in [3.63, 3.8) is 0 Å². The molecule has 0 amide bonds. The maximum Gasteiger partial charge on any atom is 0.191 e. The molecule has 2 saturated heterocycles. The van der Waals surface area contributed by atoms with Crippen LogP contribution in [0.1, 0.15) is 44.2 Å². The normalized spacial score (nSPS) is 21.7. The highest BCUT2D eigenvalue weighted by molar-refractivity contribution is 14.0. The van der Waals surface area contributed by atoms with Crippen molar-refractivity contribution < 1.29 is 4.74 Å². The van der Waals surface area contributed by atoms with E-state index >= 15 is 0 Å². The fourth-order valence-electron chi connectivity index (χ4n) is 4.69. The van der Waals surface area contributed by atoms with E-state index in [2.05, 4.69) is 50.5 Å². The molecule has 2 heterocycles. The van der Waals surface area contributed by atoms with Crippen molar-refractivity contribution in [2.45, 2.75) is 38.6 Å². The van der Waals surface area contributed by atoms with Gasteiger partial charge < -0.3 is 20.3 Å². The largest absolute Gasteiger partial charge is 0.496 e. The monoisotopic (exact) mass is 529 g/mol. The Hall–Kier alpha value is -1.06. The van der Waals surface area contributed by atoms with Crippen molar-refractivity contribution in [3.05, 3.63) is 29.8 Å². The van der Waals surface area contributed by atoms with E-state index in [0.29, 0.717) is 5.92 Å². The zero-order valence-corrected chi connectivity index (χ0v) is 21.2. The average molecular weight is 530 g/mol. The fourth-order valence-corrected chi connectivity index (χ4v) is 4.69. The molecule has 1 aromatic rings. The molecule has 2 aliphatic rings. The van der Waals surface area contributed by atoms with Gasteiger partial charge in [-0.05, 0) is 63.8 Å². The second kappa shape index (κ2) is 13.4. The minimum absolute atomic E-state index is 0. The van der Waals surface area contributed by atoms with Crippen LogP contribution in [0.25, 0.3) is 0 Å². The smallest absolute Gasteiger partial charge is 0.191 e. The first-order chi connectivity index (χ1) is 14.2. The molecule has 30 heavy (non-hydrogen) atoms. The lowest BCUT2D eigenvalue weighted by Gasteiger charge is -2.32. The number of guanidine groups is 1. The molecule has 0 bridgehead atoms. The van der Waals surface area contributed by atoms with Gasteiger partial charge in [-0.3, -0.25) is 9.89 Å². The summed E-state index contributed by atoms with van der Waals surface area (Å²) in [5.74, 6) is 2.57. The number of aliphatic imine (C=N–C) groups is 1. The SMILES string of the molecule is CCN1CCCC(CNC(=NC)NCC(c2ccccc2OC)N2CCCC2)C1.I. The second-order valence-electron chi connectivity index (χ2n) is 8.24. The highest BCUT2D eigenvalue weighted by atomic mass is 127. The maximum absolute atomic E-state index is 5.66. The fraction of sp³-hybridized carbons (Fsp3) is 0.696. The Bertz CT molecular complexity index is 650. The number of ether oxygens (including phenoxy) is 1. The van der Waals surface area contributed by atoms with Crippen molar-refractivity contribution in [1.29, 1.82) is 0 Å². The van der Waals surface area contributed by atoms with Gasteiger partial charge in [0.05, 0.1) is 13.2 Å². The molecule has 7 heteroatoms. The molecule has 2 aliphatic heterocycles. The zero-order chi connectivity index (χ0) is 20.5. The molecular formula is C23H40IN5O. The Kier molecular flexibility index (Phi) is 11.2. The molecule has 0 spiro atoms. The highest BCUT2D eigenvalue weighted by Gasteiger charge is 2.26. The van der Waals surface area contributed by atoms with Crippen LogP contribution in [-0.4, -0.2) is 75.7 Å². The van der Waals surface area contributed by atoms with Crippen molar-refractivity contribution in [2.24, 2.45) is 10.9 Å². The molecule has 0 saturated carbocycles. The summed E-state index contributed by atoms with van der Waals surface area (Å²) >= 11 is 0. The van der Waals surface area contributed by atoms with Crippen molar-refractivity contribution in [3.8, 4) is 5.75 Å². The predicted octanol–water partition coefficient (Wildman–Crippen LogP) is 3.35. The van der Waals surface area contributed by atoms with Gasteiger partial charge in [0.15, 0.2) is 5.96 Å². The van der Waals surface area contributed by atoms with Crippen LogP contribution in [0.4, 0.5) is 0 Å². The highest BCUT2D eigenvalue weighted by Crippen LogP contribution is 2.31. The van der Waals surface area contributed by atoms with Gasteiger partial charge in [-0.25, -0.2) is 0 Å². The van der Waals surface area contributed by atoms with Crippen LogP contribution in [0.15, 0.2) is 29.3 Å². The molecule has 6 nitrogen and oxygen atoms in total. The maximum atomic E-state index is 5.66. The van der Waals surface area contributed by atoms with Crippen LogP contribution in [0.3, 0.4) is 0 Å². The molecule has 2 N–H and O–H groups in total. The Labute approximate surface area is 199 Å². The molecule has 0 aliphatic carbocycles. The zero-order valence-electron chi connectivity index (χ0n) is 18.9. The Morgan fingerprint density at radius 2 is 1.93 bits per heavy atom. The number of hydrogen-bond acceptors (Lipinski definition) is 4. The van der Waals surface area contributed by atoms with Gasteiger partial charge in [-0.15, -0.1) is 24.0 Å². The van der Waals surface area contributed by atoms with Crippen molar-refractivity contribution >= 4 is 29.9 Å². The number of benzene rings is 1. The number of piperidine rings is 1. The Morgan fingerprint density at radius 1 is 1.17 bits per heavy atom. The summed E-state index contributed by atoms with van der Waals surface area (Å²) in [6, 6.07) is 8.70. The molecular weight excluding hydrogens is 489 g/mol. The summed E-state index contributed by atoms with van der Waals surface area (Å²) in [4.78, 5) is 9.60. The number of hydrogen-bond donors (Lipinski definition) is 2. The quantitative estimate of drug-likeness (QED) is 0.308. The summed E-state index contributed by atoms with van der Waals surface area (Å²) in [6.07, 6.45) is 5.15. The van der Waals surface area contributed by atoms with Gasteiger partial charge in [-0.1, -0.05) is 25.1 Å². The molecule has 0 radical (unpaired) electrons. The van der Waals surface area contributed by atoms with E-state index in [-0.39, 0.29) is 30.0 Å². The van der Waals surface area contributed by atoms with Gasteiger partial charge in [0.25, 0.3) is 0 Å². The van der Waals surface area contributed by atoms with E-state index < -0.39 is 0 Å². The Morgan fingerprint density at radius 3 is 2.63 bits per heavy atom. The number of methoxy groups -OCH3 is 1. The van der Waals surface area contributed by atoms with E-state index in [4.69, 9.17) is 4.74 Å². The van der Waals surface area contributed by atoms with Crippen molar-refractivity contribution in [1.82, 2.24) is 20.4 Å². The van der Waals surface area contributed by atoms with Crippen LogP contribution in [0.2, 0.25) is 0 Å².